The molecule has 0 saturated heterocycles. The Bertz CT molecular complexity index is 408. The fraction of sp³-hybridized carbons (Fsp3) is 0.500. The van der Waals surface area contributed by atoms with Gasteiger partial charge in [-0.15, -0.1) is 24.0 Å². The largest absolute Gasteiger partial charge is 0.356 e. The highest BCUT2D eigenvalue weighted by Crippen LogP contribution is 2.08. The maximum Gasteiger partial charge on any atom is 0.191 e. The van der Waals surface area contributed by atoms with Crippen molar-refractivity contribution in [1.29, 1.82) is 0 Å². The van der Waals surface area contributed by atoms with Crippen molar-refractivity contribution in [3.63, 3.8) is 0 Å². The summed E-state index contributed by atoms with van der Waals surface area (Å²) in [6, 6.07) is 5.13. The molecule has 0 atom stereocenters. The van der Waals surface area contributed by atoms with Gasteiger partial charge < -0.3 is 10.6 Å². The molecule has 2 N–H and O–H groups in total. The third kappa shape index (κ3) is 6.75. The molecule has 0 bridgehead atoms. The van der Waals surface area contributed by atoms with Crippen LogP contribution in [0.15, 0.2) is 23.2 Å². The van der Waals surface area contributed by atoms with Crippen LogP contribution >= 0.6 is 24.0 Å². The van der Waals surface area contributed by atoms with Gasteiger partial charge in [-0.05, 0) is 30.5 Å². The standard InChI is InChI=1S/C14H22FN3.HI/c1-4-5-8-17-14(16-3)18-10-12-6-7-13(15)11(2)9-12;/h6-7,9H,4-5,8,10H2,1-3H3,(H2,16,17,18);1H. The van der Waals surface area contributed by atoms with Gasteiger partial charge in [0.05, 0.1) is 0 Å². The van der Waals surface area contributed by atoms with Crippen molar-refractivity contribution < 1.29 is 4.39 Å². The summed E-state index contributed by atoms with van der Waals surface area (Å²) in [6.07, 6.45) is 2.28. The zero-order valence-corrected chi connectivity index (χ0v) is 14.1. The second kappa shape index (κ2) is 10.00. The molecule has 19 heavy (non-hydrogen) atoms. The van der Waals surface area contributed by atoms with Crippen LogP contribution in [0, 0.1) is 12.7 Å². The first kappa shape index (κ1) is 18.1. The number of hydrogen-bond acceptors (Lipinski definition) is 1. The van der Waals surface area contributed by atoms with Crippen LogP contribution in [-0.2, 0) is 6.54 Å². The van der Waals surface area contributed by atoms with Gasteiger partial charge in [-0.1, -0.05) is 25.5 Å². The van der Waals surface area contributed by atoms with Gasteiger partial charge in [-0.3, -0.25) is 4.99 Å². The number of aliphatic imine (C=N–C) groups is 1. The Morgan fingerprint density at radius 1 is 1.32 bits per heavy atom. The quantitative estimate of drug-likeness (QED) is 0.357. The monoisotopic (exact) mass is 379 g/mol. The molecule has 0 fully saturated rings. The molecule has 0 aromatic heterocycles. The second-order valence-electron chi connectivity index (χ2n) is 4.29. The molecular weight excluding hydrogens is 356 g/mol. The molecule has 0 aliphatic heterocycles. The summed E-state index contributed by atoms with van der Waals surface area (Å²) < 4.78 is 13.1. The molecule has 108 valence electrons. The van der Waals surface area contributed by atoms with Crippen molar-refractivity contribution in [2.75, 3.05) is 13.6 Å². The van der Waals surface area contributed by atoms with Gasteiger partial charge in [-0.2, -0.15) is 0 Å². The first-order chi connectivity index (χ1) is 8.67. The number of halogens is 2. The predicted octanol–water partition coefficient (Wildman–Crippen LogP) is 3.22. The molecule has 5 heteroatoms. The third-order valence-corrected chi connectivity index (χ3v) is 2.73. The van der Waals surface area contributed by atoms with Crippen LogP contribution in [0.2, 0.25) is 0 Å². The highest BCUT2D eigenvalue weighted by molar-refractivity contribution is 14.0. The zero-order valence-electron chi connectivity index (χ0n) is 11.8. The lowest BCUT2D eigenvalue weighted by Crippen LogP contribution is -2.37. The molecular formula is C14H23FIN3. The SMILES string of the molecule is CCCCNC(=NC)NCc1ccc(F)c(C)c1.I. The van der Waals surface area contributed by atoms with E-state index in [1.807, 2.05) is 6.07 Å². The number of rotatable bonds is 5. The van der Waals surface area contributed by atoms with Crippen molar-refractivity contribution >= 4 is 29.9 Å². The van der Waals surface area contributed by atoms with Crippen LogP contribution in [0.3, 0.4) is 0 Å². The smallest absolute Gasteiger partial charge is 0.191 e. The Hall–Kier alpha value is -0.850. The van der Waals surface area contributed by atoms with Gasteiger partial charge in [-0.25, -0.2) is 4.39 Å². The number of aryl methyl sites for hydroxylation is 1. The van der Waals surface area contributed by atoms with Crippen molar-refractivity contribution in [2.24, 2.45) is 4.99 Å². The van der Waals surface area contributed by atoms with Crippen LogP contribution in [0.5, 0.6) is 0 Å². The molecule has 0 aliphatic carbocycles. The van der Waals surface area contributed by atoms with E-state index in [0.29, 0.717) is 12.1 Å². The Morgan fingerprint density at radius 3 is 2.63 bits per heavy atom. The van der Waals surface area contributed by atoms with Crippen molar-refractivity contribution in [3.05, 3.63) is 35.1 Å². The number of hydrogen-bond donors (Lipinski definition) is 2. The first-order valence-electron chi connectivity index (χ1n) is 6.37. The van der Waals surface area contributed by atoms with Crippen LogP contribution in [0.1, 0.15) is 30.9 Å². The van der Waals surface area contributed by atoms with E-state index in [9.17, 15) is 4.39 Å². The number of guanidine groups is 1. The topological polar surface area (TPSA) is 36.4 Å². The van der Waals surface area contributed by atoms with E-state index < -0.39 is 0 Å². The lowest BCUT2D eigenvalue weighted by molar-refractivity contribution is 0.617. The summed E-state index contributed by atoms with van der Waals surface area (Å²) in [7, 11) is 1.75. The maximum absolute atomic E-state index is 13.1. The number of nitrogens with zero attached hydrogens (tertiary/aromatic N) is 1. The van der Waals surface area contributed by atoms with E-state index in [2.05, 4.69) is 22.5 Å². The molecule has 0 heterocycles. The molecule has 1 aromatic carbocycles. The fourth-order valence-electron chi connectivity index (χ4n) is 1.61. The van der Waals surface area contributed by atoms with E-state index in [4.69, 9.17) is 0 Å². The highest BCUT2D eigenvalue weighted by atomic mass is 127. The van der Waals surface area contributed by atoms with Crippen molar-refractivity contribution in [3.8, 4) is 0 Å². The lowest BCUT2D eigenvalue weighted by atomic mass is 10.1. The predicted molar refractivity (Wildman–Crippen MR) is 89.7 cm³/mol. The summed E-state index contributed by atoms with van der Waals surface area (Å²) in [5, 5.41) is 6.44. The number of benzene rings is 1. The third-order valence-electron chi connectivity index (χ3n) is 2.73. The van der Waals surface area contributed by atoms with Gasteiger partial charge in [0, 0.05) is 20.1 Å². The Balaban J connectivity index is 0.00000324. The van der Waals surface area contributed by atoms with Gasteiger partial charge >= 0.3 is 0 Å². The zero-order chi connectivity index (χ0) is 13.4. The van der Waals surface area contributed by atoms with E-state index >= 15 is 0 Å². The summed E-state index contributed by atoms with van der Waals surface area (Å²) in [5.41, 5.74) is 1.72. The number of unbranched alkanes of at least 4 members (excludes halogenated alkanes) is 1. The Labute approximate surface area is 132 Å². The molecule has 0 amide bonds. The highest BCUT2D eigenvalue weighted by Gasteiger charge is 2.00. The summed E-state index contributed by atoms with van der Waals surface area (Å²) in [4.78, 5) is 4.14. The molecule has 0 unspecified atom stereocenters. The second-order valence-corrected chi connectivity index (χ2v) is 4.29. The molecule has 0 radical (unpaired) electrons. The van der Waals surface area contributed by atoms with Crippen LogP contribution in [0.4, 0.5) is 4.39 Å². The van der Waals surface area contributed by atoms with Gasteiger partial charge in [0.25, 0.3) is 0 Å². The van der Waals surface area contributed by atoms with E-state index in [-0.39, 0.29) is 29.8 Å². The van der Waals surface area contributed by atoms with Gasteiger partial charge in [0.2, 0.25) is 0 Å². The summed E-state index contributed by atoms with van der Waals surface area (Å²) in [5.74, 6) is 0.620. The van der Waals surface area contributed by atoms with Crippen molar-refractivity contribution in [2.45, 2.75) is 33.2 Å². The average molecular weight is 379 g/mol. The van der Waals surface area contributed by atoms with Gasteiger partial charge in [0.15, 0.2) is 5.96 Å². The van der Waals surface area contributed by atoms with Crippen molar-refractivity contribution in [1.82, 2.24) is 10.6 Å². The molecule has 0 saturated carbocycles. The summed E-state index contributed by atoms with van der Waals surface area (Å²) in [6.45, 7) is 5.48. The Kier molecular flexibility index (Phi) is 9.55. The minimum atomic E-state index is -0.163. The van der Waals surface area contributed by atoms with Crippen LogP contribution in [0.25, 0.3) is 0 Å². The normalized spacial score (nSPS) is 10.8. The molecule has 0 aliphatic rings. The molecule has 1 rings (SSSR count). The minimum absolute atomic E-state index is 0. The van der Waals surface area contributed by atoms with Crippen LogP contribution in [-0.4, -0.2) is 19.6 Å². The average Bonchev–Trinajstić information content (AvgIpc) is 2.37. The fourth-order valence-corrected chi connectivity index (χ4v) is 1.61. The van der Waals surface area contributed by atoms with E-state index in [0.717, 1.165) is 30.9 Å². The maximum atomic E-state index is 13.1. The Morgan fingerprint density at radius 2 is 2.05 bits per heavy atom. The molecule has 1 aromatic rings. The molecule has 0 spiro atoms. The van der Waals surface area contributed by atoms with E-state index in [1.54, 1.807) is 20.0 Å². The molecule has 3 nitrogen and oxygen atoms in total. The van der Waals surface area contributed by atoms with E-state index in [1.165, 1.54) is 6.07 Å². The lowest BCUT2D eigenvalue weighted by Gasteiger charge is -2.12. The minimum Gasteiger partial charge on any atom is -0.356 e. The first-order valence-corrected chi connectivity index (χ1v) is 6.37. The van der Waals surface area contributed by atoms with Crippen LogP contribution < -0.4 is 10.6 Å². The summed E-state index contributed by atoms with van der Waals surface area (Å²) >= 11 is 0. The van der Waals surface area contributed by atoms with Gasteiger partial charge in [0.1, 0.15) is 5.82 Å². The number of nitrogens with one attached hydrogen (secondary N) is 2.